The first-order chi connectivity index (χ1) is 14.1. The third-order valence-corrected chi connectivity index (χ3v) is 7.43. The minimum atomic E-state index is -0.325. The van der Waals surface area contributed by atoms with Gasteiger partial charge in [0.1, 0.15) is 11.6 Å². The van der Waals surface area contributed by atoms with Gasteiger partial charge in [0.25, 0.3) is 0 Å². The van der Waals surface area contributed by atoms with Crippen LogP contribution in [-0.4, -0.2) is 0 Å². The van der Waals surface area contributed by atoms with Crippen molar-refractivity contribution in [1.82, 2.24) is 0 Å². The smallest absolute Gasteiger partial charge is 0.129 e. The van der Waals surface area contributed by atoms with Crippen LogP contribution in [0.25, 0.3) is 0 Å². The van der Waals surface area contributed by atoms with Crippen LogP contribution in [-0.2, 0) is 19.3 Å². The fraction of sp³-hybridized carbons (Fsp3) is 0.556. The molecule has 0 amide bonds. The summed E-state index contributed by atoms with van der Waals surface area (Å²) in [5, 5.41) is 0. The summed E-state index contributed by atoms with van der Waals surface area (Å²) in [4.78, 5) is 0. The van der Waals surface area contributed by atoms with E-state index in [1.807, 2.05) is 0 Å². The van der Waals surface area contributed by atoms with Crippen molar-refractivity contribution in [3.05, 3.63) is 69.8 Å². The van der Waals surface area contributed by atoms with Gasteiger partial charge in [0.15, 0.2) is 0 Å². The third kappa shape index (κ3) is 4.42. The molecule has 2 aliphatic rings. The van der Waals surface area contributed by atoms with E-state index < -0.39 is 0 Å². The summed E-state index contributed by atoms with van der Waals surface area (Å²) in [5.74, 6) is 0.425. The van der Waals surface area contributed by atoms with Crippen LogP contribution in [0.1, 0.15) is 98.4 Å². The summed E-state index contributed by atoms with van der Waals surface area (Å²) < 4.78 is 30.2. The Labute approximate surface area is 174 Å². The van der Waals surface area contributed by atoms with Gasteiger partial charge < -0.3 is 0 Å². The lowest BCUT2D eigenvalue weighted by molar-refractivity contribution is 0.307. The van der Waals surface area contributed by atoms with Gasteiger partial charge in [0, 0.05) is 5.56 Å². The summed E-state index contributed by atoms with van der Waals surface area (Å²) in [6.07, 6.45) is 10.6. The van der Waals surface area contributed by atoms with E-state index in [1.54, 1.807) is 12.1 Å². The molecule has 0 radical (unpaired) electrons. The predicted molar refractivity (Wildman–Crippen MR) is 117 cm³/mol. The highest BCUT2D eigenvalue weighted by Crippen LogP contribution is 2.40. The van der Waals surface area contributed by atoms with Gasteiger partial charge in [-0.25, -0.2) is 8.78 Å². The lowest BCUT2D eigenvalue weighted by Gasteiger charge is -2.30. The standard InChI is InChI=1S/C27H34F2/c1-3-5-19-7-9-20(10-8-19)24-16-25(28)27(26(29)17-24)23-13-12-21-14-18(4-2)6-11-22(21)15-23/h6,11,14,16-17,19-20,23H,3-5,7-10,12-13,15H2,1-2H3. The van der Waals surface area contributed by atoms with Gasteiger partial charge in [-0.2, -0.15) is 0 Å². The third-order valence-electron chi connectivity index (χ3n) is 7.43. The average Bonchev–Trinajstić information content (AvgIpc) is 2.73. The molecule has 0 N–H and O–H groups in total. The molecular weight excluding hydrogens is 362 g/mol. The zero-order chi connectivity index (χ0) is 20.4. The Morgan fingerprint density at radius 2 is 1.55 bits per heavy atom. The Morgan fingerprint density at radius 1 is 0.828 bits per heavy atom. The van der Waals surface area contributed by atoms with E-state index in [0.717, 1.165) is 50.0 Å². The molecule has 1 atom stereocenters. The molecule has 0 aromatic heterocycles. The van der Waals surface area contributed by atoms with E-state index in [2.05, 4.69) is 32.0 Å². The number of halogens is 2. The lowest BCUT2D eigenvalue weighted by atomic mass is 9.76. The molecule has 0 saturated heterocycles. The molecule has 0 heterocycles. The van der Waals surface area contributed by atoms with Gasteiger partial charge in [0.2, 0.25) is 0 Å². The van der Waals surface area contributed by atoms with E-state index in [9.17, 15) is 0 Å². The molecule has 2 aliphatic carbocycles. The normalized spacial score (nSPS) is 24.3. The largest absolute Gasteiger partial charge is 0.207 e. The van der Waals surface area contributed by atoms with Crippen LogP contribution in [0.3, 0.4) is 0 Å². The predicted octanol–water partition coefficient (Wildman–Crippen LogP) is 7.87. The average molecular weight is 397 g/mol. The van der Waals surface area contributed by atoms with Gasteiger partial charge in [0.05, 0.1) is 0 Å². The van der Waals surface area contributed by atoms with E-state index in [0.29, 0.717) is 11.5 Å². The van der Waals surface area contributed by atoms with Crippen LogP contribution in [0.15, 0.2) is 30.3 Å². The molecule has 4 rings (SSSR count). The van der Waals surface area contributed by atoms with Crippen LogP contribution in [0, 0.1) is 17.6 Å². The first kappa shape index (κ1) is 20.6. The van der Waals surface area contributed by atoms with Crippen molar-refractivity contribution in [1.29, 1.82) is 0 Å². The number of fused-ring (bicyclic) bond motifs is 1. The number of benzene rings is 2. The molecule has 2 aromatic rings. The maximum absolute atomic E-state index is 15.1. The van der Waals surface area contributed by atoms with E-state index in [-0.39, 0.29) is 17.6 Å². The Kier molecular flexibility index (Phi) is 6.37. The molecule has 2 heteroatoms. The molecule has 1 saturated carbocycles. The van der Waals surface area contributed by atoms with Crippen LogP contribution < -0.4 is 0 Å². The van der Waals surface area contributed by atoms with Crippen LogP contribution in [0.5, 0.6) is 0 Å². The molecule has 1 fully saturated rings. The van der Waals surface area contributed by atoms with Gasteiger partial charge in [-0.05, 0) is 104 Å². The van der Waals surface area contributed by atoms with Gasteiger partial charge >= 0.3 is 0 Å². The molecule has 0 aliphatic heterocycles. The van der Waals surface area contributed by atoms with E-state index >= 15 is 8.78 Å². The summed E-state index contributed by atoms with van der Waals surface area (Å²) in [6.45, 7) is 4.40. The maximum atomic E-state index is 15.1. The topological polar surface area (TPSA) is 0 Å². The number of hydrogen-bond acceptors (Lipinski definition) is 0. The van der Waals surface area contributed by atoms with Gasteiger partial charge in [-0.3, -0.25) is 0 Å². The highest BCUT2D eigenvalue weighted by atomic mass is 19.1. The Balaban J connectivity index is 1.51. The quantitative estimate of drug-likeness (QED) is 0.482. The van der Waals surface area contributed by atoms with Crippen molar-refractivity contribution in [3.8, 4) is 0 Å². The first-order valence-electron chi connectivity index (χ1n) is 11.7. The summed E-state index contributed by atoms with van der Waals surface area (Å²) >= 11 is 0. The Morgan fingerprint density at radius 3 is 2.21 bits per heavy atom. The molecule has 2 aromatic carbocycles. The Bertz CT molecular complexity index is 823. The zero-order valence-corrected chi connectivity index (χ0v) is 17.9. The molecule has 1 unspecified atom stereocenters. The number of hydrogen-bond donors (Lipinski definition) is 0. The van der Waals surface area contributed by atoms with Crippen LogP contribution in [0.2, 0.25) is 0 Å². The molecule has 0 spiro atoms. The SMILES string of the molecule is CCCC1CCC(c2cc(F)c(C3CCc4cc(CC)ccc4C3)c(F)c2)CC1. The maximum Gasteiger partial charge on any atom is 0.129 e. The minimum absolute atomic E-state index is 0.0516. The summed E-state index contributed by atoms with van der Waals surface area (Å²) in [5.41, 5.74) is 5.16. The van der Waals surface area contributed by atoms with Crippen molar-refractivity contribution in [3.63, 3.8) is 0 Å². The zero-order valence-electron chi connectivity index (χ0n) is 17.9. The fourth-order valence-electron chi connectivity index (χ4n) is 5.70. The molecule has 0 bridgehead atoms. The van der Waals surface area contributed by atoms with Gasteiger partial charge in [-0.1, -0.05) is 44.9 Å². The number of aryl methyl sites for hydroxylation is 2. The monoisotopic (exact) mass is 396 g/mol. The van der Waals surface area contributed by atoms with Crippen molar-refractivity contribution in [2.24, 2.45) is 5.92 Å². The van der Waals surface area contributed by atoms with Crippen LogP contribution in [0.4, 0.5) is 8.78 Å². The second-order valence-electron chi connectivity index (χ2n) is 9.30. The van der Waals surface area contributed by atoms with Crippen molar-refractivity contribution in [2.45, 2.75) is 89.9 Å². The van der Waals surface area contributed by atoms with Crippen molar-refractivity contribution in [2.75, 3.05) is 0 Å². The molecular formula is C27H34F2. The minimum Gasteiger partial charge on any atom is -0.207 e. The second-order valence-corrected chi connectivity index (χ2v) is 9.30. The second kappa shape index (κ2) is 8.98. The van der Waals surface area contributed by atoms with Crippen molar-refractivity contribution >= 4 is 0 Å². The highest BCUT2D eigenvalue weighted by Gasteiger charge is 2.28. The summed E-state index contributed by atoms with van der Waals surface area (Å²) in [7, 11) is 0. The summed E-state index contributed by atoms with van der Waals surface area (Å²) in [6, 6.07) is 9.90. The number of rotatable bonds is 5. The Hall–Kier alpha value is -1.70. The van der Waals surface area contributed by atoms with Gasteiger partial charge in [-0.15, -0.1) is 0 Å². The van der Waals surface area contributed by atoms with Crippen molar-refractivity contribution < 1.29 is 8.78 Å². The molecule has 0 nitrogen and oxygen atoms in total. The molecule has 156 valence electrons. The fourth-order valence-corrected chi connectivity index (χ4v) is 5.70. The first-order valence-corrected chi connectivity index (χ1v) is 11.7. The highest BCUT2D eigenvalue weighted by molar-refractivity contribution is 5.39. The van der Waals surface area contributed by atoms with E-state index in [1.165, 1.54) is 42.4 Å². The molecule has 29 heavy (non-hydrogen) atoms. The lowest BCUT2D eigenvalue weighted by Crippen LogP contribution is -2.17. The van der Waals surface area contributed by atoms with Crippen LogP contribution >= 0.6 is 0 Å². The van der Waals surface area contributed by atoms with E-state index in [4.69, 9.17) is 0 Å².